The molecule has 4 aromatic rings. The molecule has 7 heteroatoms. The Morgan fingerprint density at radius 3 is 2.55 bits per heavy atom. The van der Waals surface area contributed by atoms with E-state index in [9.17, 15) is 4.79 Å². The van der Waals surface area contributed by atoms with Crippen LogP contribution in [0.25, 0.3) is 11.1 Å². The van der Waals surface area contributed by atoms with Gasteiger partial charge in [0.2, 0.25) is 0 Å². The van der Waals surface area contributed by atoms with Crippen LogP contribution in [0.5, 0.6) is 0 Å². The SMILES string of the molecule is NCc1cccc(-c2cccc(C(=O)Nc3ccccc3Cc3nn[nH]n3)c2)c1. The number of carbonyl (C=O) groups is 1. The fraction of sp³-hybridized carbons (Fsp3) is 0.0909. The molecular weight excluding hydrogens is 364 g/mol. The van der Waals surface area contributed by atoms with Crippen molar-refractivity contribution in [3.8, 4) is 11.1 Å². The highest BCUT2D eigenvalue weighted by molar-refractivity contribution is 6.05. The Labute approximate surface area is 168 Å². The van der Waals surface area contributed by atoms with Gasteiger partial charge in [0.1, 0.15) is 0 Å². The summed E-state index contributed by atoms with van der Waals surface area (Å²) in [6.07, 6.45) is 0.471. The minimum Gasteiger partial charge on any atom is -0.326 e. The Hall–Kier alpha value is -3.84. The van der Waals surface area contributed by atoms with Crippen LogP contribution in [0, 0.1) is 0 Å². The van der Waals surface area contributed by atoms with Gasteiger partial charge < -0.3 is 11.1 Å². The number of anilines is 1. The molecule has 0 radical (unpaired) electrons. The van der Waals surface area contributed by atoms with Crippen molar-refractivity contribution in [2.75, 3.05) is 5.32 Å². The molecule has 0 aliphatic heterocycles. The van der Waals surface area contributed by atoms with Gasteiger partial charge in [0.05, 0.1) is 0 Å². The van der Waals surface area contributed by atoms with E-state index in [1.54, 1.807) is 6.07 Å². The van der Waals surface area contributed by atoms with Crippen molar-refractivity contribution in [1.82, 2.24) is 20.6 Å². The Balaban J connectivity index is 1.57. The molecule has 144 valence electrons. The van der Waals surface area contributed by atoms with Gasteiger partial charge in [0.15, 0.2) is 5.82 Å². The second kappa shape index (κ2) is 8.45. The van der Waals surface area contributed by atoms with E-state index in [-0.39, 0.29) is 5.91 Å². The van der Waals surface area contributed by atoms with Crippen LogP contribution < -0.4 is 11.1 Å². The van der Waals surface area contributed by atoms with Gasteiger partial charge in [-0.1, -0.05) is 53.7 Å². The third-order valence-electron chi connectivity index (χ3n) is 4.62. The summed E-state index contributed by atoms with van der Waals surface area (Å²) in [7, 11) is 0. The van der Waals surface area contributed by atoms with Gasteiger partial charge >= 0.3 is 0 Å². The number of hydrogen-bond acceptors (Lipinski definition) is 5. The maximum atomic E-state index is 12.9. The number of amides is 1. The first-order valence-electron chi connectivity index (χ1n) is 9.24. The van der Waals surface area contributed by atoms with E-state index < -0.39 is 0 Å². The minimum absolute atomic E-state index is 0.178. The molecule has 4 N–H and O–H groups in total. The van der Waals surface area contributed by atoms with E-state index >= 15 is 0 Å². The van der Waals surface area contributed by atoms with Crippen molar-refractivity contribution >= 4 is 11.6 Å². The van der Waals surface area contributed by atoms with Crippen LogP contribution >= 0.6 is 0 Å². The average Bonchev–Trinajstić information content (AvgIpc) is 3.28. The molecule has 0 aliphatic rings. The third kappa shape index (κ3) is 4.36. The topological polar surface area (TPSA) is 110 Å². The zero-order valence-corrected chi connectivity index (χ0v) is 15.7. The second-order valence-corrected chi connectivity index (χ2v) is 6.60. The van der Waals surface area contributed by atoms with Crippen LogP contribution in [0.1, 0.15) is 27.3 Å². The second-order valence-electron chi connectivity index (χ2n) is 6.60. The number of para-hydroxylation sites is 1. The number of aromatic nitrogens is 4. The van der Waals surface area contributed by atoms with Crippen LogP contribution in [-0.4, -0.2) is 26.5 Å². The number of nitrogens with one attached hydrogen (secondary N) is 2. The monoisotopic (exact) mass is 384 g/mol. The van der Waals surface area contributed by atoms with Crippen molar-refractivity contribution in [2.45, 2.75) is 13.0 Å². The Morgan fingerprint density at radius 1 is 0.966 bits per heavy atom. The first-order valence-corrected chi connectivity index (χ1v) is 9.24. The minimum atomic E-state index is -0.178. The Morgan fingerprint density at radius 2 is 1.76 bits per heavy atom. The first kappa shape index (κ1) is 18.5. The molecule has 0 bridgehead atoms. The molecule has 0 atom stereocenters. The van der Waals surface area contributed by atoms with Crippen LogP contribution in [0.4, 0.5) is 5.69 Å². The number of nitrogens with two attached hydrogens (primary N) is 1. The summed E-state index contributed by atoms with van der Waals surface area (Å²) in [5, 5.41) is 17.0. The molecule has 0 unspecified atom stereocenters. The zero-order chi connectivity index (χ0) is 20.1. The Kier molecular flexibility index (Phi) is 5.40. The molecule has 3 aromatic carbocycles. The normalized spacial score (nSPS) is 10.7. The zero-order valence-electron chi connectivity index (χ0n) is 15.7. The number of nitrogens with zero attached hydrogens (tertiary/aromatic N) is 3. The maximum absolute atomic E-state index is 12.9. The van der Waals surface area contributed by atoms with E-state index in [0.29, 0.717) is 24.4 Å². The molecule has 1 aromatic heterocycles. The predicted molar refractivity (Wildman–Crippen MR) is 111 cm³/mol. The summed E-state index contributed by atoms with van der Waals surface area (Å²) in [5.41, 5.74) is 11.0. The lowest BCUT2D eigenvalue weighted by atomic mass is 10.0. The van der Waals surface area contributed by atoms with Gasteiger partial charge in [-0.3, -0.25) is 4.79 Å². The maximum Gasteiger partial charge on any atom is 0.255 e. The van der Waals surface area contributed by atoms with Gasteiger partial charge in [-0.05, 0) is 46.5 Å². The lowest BCUT2D eigenvalue weighted by Crippen LogP contribution is -2.13. The third-order valence-corrected chi connectivity index (χ3v) is 4.62. The summed E-state index contributed by atoms with van der Waals surface area (Å²) in [6.45, 7) is 0.477. The quantitative estimate of drug-likeness (QED) is 0.473. The first-order chi connectivity index (χ1) is 14.2. The van der Waals surface area contributed by atoms with E-state index in [1.165, 1.54) is 0 Å². The van der Waals surface area contributed by atoms with Crippen molar-refractivity contribution in [1.29, 1.82) is 0 Å². The van der Waals surface area contributed by atoms with Crippen LogP contribution in [0.2, 0.25) is 0 Å². The summed E-state index contributed by atoms with van der Waals surface area (Å²) in [4.78, 5) is 12.9. The van der Waals surface area contributed by atoms with Crippen molar-refractivity contribution in [3.63, 3.8) is 0 Å². The van der Waals surface area contributed by atoms with Gasteiger partial charge in [-0.15, -0.1) is 10.2 Å². The molecule has 7 nitrogen and oxygen atoms in total. The number of tetrazole rings is 1. The molecule has 4 rings (SSSR count). The van der Waals surface area contributed by atoms with Gasteiger partial charge in [0, 0.05) is 24.2 Å². The van der Waals surface area contributed by atoms with Gasteiger partial charge in [0.25, 0.3) is 5.91 Å². The molecule has 0 fully saturated rings. The highest BCUT2D eigenvalue weighted by atomic mass is 16.1. The fourth-order valence-corrected chi connectivity index (χ4v) is 3.14. The summed E-state index contributed by atoms with van der Waals surface area (Å²) >= 11 is 0. The number of carbonyl (C=O) groups excluding carboxylic acids is 1. The molecule has 0 aliphatic carbocycles. The van der Waals surface area contributed by atoms with Crippen LogP contribution in [0.3, 0.4) is 0 Å². The molecular formula is C22H20N6O. The molecule has 0 spiro atoms. The van der Waals surface area contributed by atoms with Gasteiger partial charge in [-0.2, -0.15) is 5.21 Å². The lowest BCUT2D eigenvalue weighted by molar-refractivity contribution is 0.102. The van der Waals surface area contributed by atoms with Crippen LogP contribution in [0.15, 0.2) is 72.8 Å². The number of H-pyrrole nitrogens is 1. The highest BCUT2D eigenvalue weighted by Gasteiger charge is 2.12. The number of hydrogen-bond donors (Lipinski definition) is 3. The van der Waals surface area contributed by atoms with Crippen molar-refractivity contribution in [3.05, 3.63) is 95.3 Å². The smallest absolute Gasteiger partial charge is 0.255 e. The molecule has 0 saturated heterocycles. The summed E-state index contributed by atoms with van der Waals surface area (Å²) in [6, 6.07) is 23.1. The largest absolute Gasteiger partial charge is 0.326 e. The molecule has 29 heavy (non-hydrogen) atoms. The molecule has 1 amide bonds. The van der Waals surface area contributed by atoms with E-state index in [0.717, 1.165) is 27.9 Å². The van der Waals surface area contributed by atoms with Gasteiger partial charge in [-0.25, -0.2) is 0 Å². The van der Waals surface area contributed by atoms with E-state index in [4.69, 9.17) is 5.73 Å². The summed E-state index contributed by atoms with van der Waals surface area (Å²) < 4.78 is 0. The number of benzene rings is 3. The lowest BCUT2D eigenvalue weighted by Gasteiger charge is -2.11. The number of aromatic amines is 1. The van der Waals surface area contributed by atoms with E-state index in [2.05, 4.69) is 25.9 Å². The van der Waals surface area contributed by atoms with Crippen molar-refractivity contribution < 1.29 is 4.79 Å². The number of rotatable bonds is 6. The fourth-order valence-electron chi connectivity index (χ4n) is 3.14. The van der Waals surface area contributed by atoms with E-state index in [1.807, 2.05) is 66.7 Å². The molecule has 1 heterocycles. The summed E-state index contributed by atoms with van der Waals surface area (Å²) in [5.74, 6) is 0.385. The standard InChI is InChI=1S/C22H20N6O/c23-14-15-5-3-7-16(11-15)17-8-4-9-19(12-17)22(29)24-20-10-2-1-6-18(20)13-21-25-27-28-26-21/h1-12H,13-14,23H2,(H,24,29)(H,25,26,27,28). The highest BCUT2D eigenvalue weighted by Crippen LogP contribution is 2.23. The predicted octanol–water partition coefficient (Wildman–Crippen LogP) is 3.17. The molecule has 0 saturated carbocycles. The van der Waals surface area contributed by atoms with Crippen LogP contribution in [-0.2, 0) is 13.0 Å². The Bertz CT molecular complexity index is 1120. The van der Waals surface area contributed by atoms with Crippen molar-refractivity contribution in [2.24, 2.45) is 5.73 Å². The average molecular weight is 384 g/mol.